The summed E-state index contributed by atoms with van der Waals surface area (Å²) in [5, 5.41) is 8.70. The number of ether oxygens (including phenoxy) is 2. The van der Waals surface area contributed by atoms with Crippen LogP contribution in [0.15, 0.2) is 18.2 Å². The second kappa shape index (κ2) is 6.30. The first-order valence-corrected chi connectivity index (χ1v) is 6.48. The van der Waals surface area contributed by atoms with Crippen LogP contribution in [0.5, 0.6) is 11.5 Å². The second-order valence-electron chi connectivity index (χ2n) is 4.71. The zero-order valence-electron chi connectivity index (χ0n) is 12.2. The van der Waals surface area contributed by atoms with Gasteiger partial charge in [-0.2, -0.15) is 0 Å². The van der Waals surface area contributed by atoms with Gasteiger partial charge in [0.1, 0.15) is 5.78 Å². The molecule has 0 aromatic heterocycles. The van der Waals surface area contributed by atoms with Crippen molar-refractivity contribution in [3.8, 4) is 11.5 Å². The molecule has 0 bridgehead atoms. The topological polar surface area (TPSA) is 93.1 Å². The van der Waals surface area contributed by atoms with Gasteiger partial charge in [0, 0.05) is 6.08 Å². The van der Waals surface area contributed by atoms with Crippen molar-refractivity contribution in [3.05, 3.63) is 23.8 Å². The summed E-state index contributed by atoms with van der Waals surface area (Å²) >= 11 is 0. The Morgan fingerprint density at radius 2 is 2.18 bits per heavy atom. The maximum absolute atomic E-state index is 12.0. The van der Waals surface area contributed by atoms with Crippen LogP contribution in [0.3, 0.4) is 0 Å². The lowest BCUT2D eigenvalue weighted by molar-refractivity contribution is -0.131. The van der Waals surface area contributed by atoms with Crippen molar-refractivity contribution in [3.63, 3.8) is 0 Å². The fourth-order valence-corrected chi connectivity index (χ4v) is 2.11. The Labute approximate surface area is 126 Å². The molecule has 7 nitrogen and oxygen atoms in total. The van der Waals surface area contributed by atoms with E-state index in [4.69, 9.17) is 14.6 Å². The maximum Gasteiger partial charge on any atom is 0.328 e. The molecule has 0 atom stereocenters. The number of amides is 1. The van der Waals surface area contributed by atoms with Gasteiger partial charge in [-0.15, -0.1) is 0 Å². The summed E-state index contributed by atoms with van der Waals surface area (Å²) in [5.74, 6) is -0.889. The molecule has 0 aliphatic carbocycles. The molecule has 1 heterocycles. The first-order chi connectivity index (χ1) is 10.4. The number of hydrogen-bond acceptors (Lipinski definition) is 5. The number of methoxy groups -OCH3 is 1. The third kappa shape index (κ3) is 3.25. The molecular formula is C15H15NO6. The van der Waals surface area contributed by atoms with E-state index in [1.807, 2.05) is 0 Å². The number of carbonyl (C=O) groups is 3. The average molecular weight is 305 g/mol. The fraction of sp³-hybridized carbons (Fsp3) is 0.267. The van der Waals surface area contributed by atoms with Crippen molar-refractivity contribution < 1.29 is 29.0 Å². The van der Waals surface area contributed by atoms with E-state index in [-0.39, 0.29) is 24.8 Å². The van der Waals surface area contributed by atoms with E-state index >= 15 is 0 Å². The van der Waals surface area contributed by atoms with Crippen molar-refractivity contribution in [1.82, 2.24) is 0 Å². The van der Waals surface area contributed by atoms with E-state index in [1.165, 1.54) is 25.0 Å². The number of Topliss-reactive ketones (excluding diaryl/α,β-unsaturated/α-hetero) is 1. The van der Waals surface area contributed by atoms with Crippen molar-refractivity contribution in [2.75, 3.05) is 25.2 Å². The van der Waals surface area contributed by atoms with Crippen LogP contribution in [0.25, 0.3) is 6.08 Å². The number of rotatable bonds is 5. The maximum atomic E-state index is 12.0. The molecule has 0 unspecified atom stereocenters. The zero-order chi connectivity index (χ0) is 16.3. The molecule has 116 valence electrons. The summed E-state index contributed by atoms with van der Waals surface area (Å²) in [6, 6.07) is 3.18. The highest BCUT2D eigenvalue weighted by molar-refractivity contribution is 6.03. The van der Waals surface area contributed by atoms with Crippen molar-refractivity contribution in [2.24, 2.45) is 0 Å². The van der Waals surface area contributed by atoms with Crippen molar-refractivity contribution in [2.45, 2.75) is 6.92 Å². The molecule has 0 radical (unpaired) electrons. The Hall–Kier alpha value is -2.83. The van der Waals surface area contributed by atoms with Gasteiger partial charge < -0.3 is 14.6 Å². The molecule has 1 aliphatic rings. The summed E-state index contributed by atoms with van der Waals surface area (Å²) < 4.78 is 10.6. The van der Waals surface area contributed by atoms with Gasteiger partial charge in [-0.3, -0.25) is 14.5 Å². The molecule has 1 aliphatic heterocycles. The predicted octanol–water partition coefficient (Wildman–Crippen LogP) is 1.11. The summed E-state index contributed by atoms with van der Waals surface area (Å²) in [6.45, 7) is 1.12. The molecule has 0 fully saturated rings. The summed E-state index contributed by atoms with van der Waals surface area (Å²) in [5.41, 5.74) is 0.903. The van der Waals surface area contributed by atoms with Crippen LogP contribution in [0, 0.1) is 0 Å². The number of fused-ring (bicyclic) bond motifs is 1. The molecule has 1 aromatic carbocycles. The quantitative estimate of drug-likeness (QED) is 0.819. The number of benzene rings is 1. The fourth-order valence-electron chi connectivity index (χ4n) is 2.11. The SMILES string of the molecule is COc1cc(/C=C/C(=O)O)cc2c1OCC(=O)N2CC(C)=O. The number of nitrogens with zero attached hydrogens (tertiary/aromatic N) is 1. The molecule has 22 heavy (non-hydrogen) atoms. The van der Waals surface area contributed by atoms with E-state index in [0.29, 0.717) is 22.7 Å². The molecule has 2 rings (SSSR count). The van der Waals surface area contributed by atoms with Crippen LogP contribution in [-0.2, 0) is 14.4 Å². The molecule has 1 N–H and O–H groups in total. The molecule has 0 saturated carbocycles. The molecule has 1 aromatic rings. The second-order valence-corrected chi connectivity index (χ2v) is 4.71. The van der Waals surface area contributed by atoms with Crippen LogP contribution in [0.1, 0.15) is 12.5 Å². The van der Waals surface area contributed by atoms with Gasteiger partial charge >= 0.3 is 5.97 Å². The summed E-state index contributed by atoms with van der Waals surface area (Å²) in [4.78, 5) is 35.3. The summed E-state index contributed by atoms with van der Waals surface area (Å²) in [6.07, 6.45) is 2.35. The first kappa shape index (κ1) is 15.6. The highest BCUT2D eigenvalue weighted by Gasteiger charge is 2.29. The molecule has 7 heteroatoms. The van der Waals surface area contributed by atoms with E-state index in [0.717, 1.165) is 6.08 Å². The number of ketones is 1. The van der Waals surface area contributed by atoms with Crippen molar-refractivity contribution in [1.29, 1.82) is 0 Å². The average Bonchev–Trinajstić information content (AvgIpc) is 2.46. The van der Waals surface area contributed by atoms with E-state index in [1.54, 1.807) is 12.1 Å². The van der Waals surface area contributed by atoms with Crippen LogP contribution in [0.4, 0.5) is 5.69 Å². The Kier molecular flexibility index (Phi) is 4.45. The normalized spacial score (nSPS) is 13.7. The van der Waals surface area contributed by atoms with Crippen molar-refractivity contribution >= 4 is 29.4 Å². The smallest absolute Gasteiger partial charge is 0.328 e. The van der Waals surface area contributed by atoms with Gasteiger partial charge in [-0.05, 0) is 30.7 Å². The third-order valence-electron chi connectivity index (χ3n) is 3.01. The first-order valence-electron chi connectivity index (χ1n) is 6.48. The van der Waals surface area contributed by atoms with Crippen LogP contribution in [0.2, 0.25) is 0 Å². The van der Waals surface area contributed by atoms with Crippen LogP contribution in [-0.4, -0.2) is 43.0 Å². The zero-order valence-corrected chi connectivity index (χ0v) is 12.2. The number of carbonyl (C=O) groups excluding carboxylic acids is 2. The minimum Gasteiger partial charge on any atom is -0.493 e. The van der Waals surface area contributed by atoms with Crippen LogP contribution < -0.4 is 14.4 Å². The number of carboxylic acids is 1. The molecule has 1 amide bonds. The van der Waals surface area contributed by atoms with E-state index in [2.05, 4.69) is 0 Å². The Morgan fingerprint density at radius 1 is 1.45 bits per heavy atom. The monoisotopic (exact) mass is 305 g/mol. The number of anilines is 1. The van der Waals surface area contributed by atoms with Gasteiger partial charge in [0.15, 0.2) is 18.1 Å². The van der Waals surface area contributed by atoms with Gasteiger partial charge in [-0.25, -0.2) is 4.79 Å². The highest BCUT2D eigenvalue weighted by atomic mass is 16.5. The van der Waals surface area contributed by atoms with Crippen LogP contribution >= 0.6 is 0 Å². The Balaban J connectivity index is 2.53. The van der Waals surface area contributed by atoms with E-state index in [9.17, 15) is 14.4 Å². The predicted molar refractivity (Wildman–Crippen MR) is 78.2 cm³/mol. The molecule has 0 saturated heterocycles. The van der Waals surface area contributed by atoms with Gasteiger partial charge in [0.25, 0.3) is 5.91 Å². The number of hydrogen-bond donors (Lipinski definition) is 1. The third-order valence-corrected chi connectivity index (χ3v) is 3.01. The lowest BCUT2D eigenvalue weighted by Gasteiger charge is -2.30. The number of aliphatic carboxylic acids is 1. The Morgan fingerprint density at radius 3 is 2.77 bits per heavy atom. The lowest BCUT2D eigenvalue weighted by Crippen LogP contribution is -2.41. The minimum absolute atomic E-state index is 0.0789. The van der Waals surface area contributed by atoms with Gasteiger partial charge in [0.05, 0.1) is 19.3 Å². The molecule has 0 spiro atoms. The number of carboxylic acid groups (broad SMARTS) is 1. The minimum atomic E-state index is -1.09. The Bertz CT molecular complexity index is 664. The summed E-state index contributed by atoms with van der Waals surface area (Å²) in [7, 11) is 1.44. The lowest BCUT2D eigenvalue weighted by atomic mass is 10.1. The van der Waals surface area contributed by atoms with Gasteiger partial charge in [-0.1, -0.05) is 0 Å². The highest BCUT2D eigenvalue weighted by Crippen LogP contribution is 2.41. The van der Waals surface area contributed by atoms with Gasteiger partial charge in [0.2, 0.25) is 0 Å². The molecular weight excluding hydrogens is 290 g/mol. The largest absolute Gasteiger partial charge is 0.493 e. The standard InChI is InChI=1S/C15H15NO6/c1-9(17)7-16-11-5-10(3-4-14(19)20)6-12(21-2)15(11)22-8-13(16)18/h3-6H,7-8H2,1-2H3,(H,19,20)/b4-3+. The van der Waals surface area contributed by atoms with E-state index < -0.39 is 5.97 Å².